The van der Waals surface area contributed by atoms with E-state index in [4.69, 9.17) is 0 Å². The largest absolute Gasteiger partial charge is 0.387 e. The third-order valence-corrected chi connectivity index (χ3v) is 2.80. The molecule has 1 aliphatic rings. The third-order valence-electron chi connectivity index (χ3n) is 2.80. The monoisotopic (exact) mass is 227 g/mol. The molecule has 2 rings (SSSR count). The molecule has 0 heterocycles. The van der Waals surface area contributed by atoms with Crippen LogP contribution in [-0.4, -0.2) is 18.2 Å². The molecule has 2 N–H and O–H groups in total. The molecule has 0 amide bonds. The van der Waals surface area contributed by atoms with E-state index in [1.54, 1.807) is 0 Å². The Balaban J connectivity index is 1.93. The summed E-state index contributed by atoms with van der Waals surface area (Å²) in [6.07, 6.45) is 1.29. The average Bonchev–Trinajstić information content (AvgIpc) is 3.01. The van der Waals surface area contributed by atoms with E-state index in [2.05, 4.69) is 5.32 Å². The first kappa shape index (κ1) is 11.5. The van der Waals surface area contributed by atoms with Crippen LogP contribution in [0.25, 0.3) is 0 Å². The lowest BCUT2D eigenvalue weighted by Crippen LogP contribution is -2.24. The lowest BCUT2D eigenvalue weighted by Gasteiger charge is -2.13. The van der Waals surface area contributed by atoms with Gasteiger partial charge in [0.05, 0.1) is 11.7 Å². The van der Waals surface area contributed by atoms with Crippen LogP contribution < -0.4 is 5.32 Å². The van der Waals surface area contributed by atoms with Crippen LogP contribution in [0.15, 0.2) is 18.2 Å². The summed E-state index contributed by atoms with van der Waals surface area (Å²) in [5, 5.41) is 12.7. The standard InChI is InChI=1S/C12H15F2NO/c13-9-2-1-3-10(14)12(9)11(16)7-15-6-8-4-5-8/h1-3,8,11,15-16H,4-7H2. The highest BCUT2D eigenvalue weighted by Gasteiger charge is 2.22. The van der Waals surface area contributed by atoms with Crippen molar-refractivity contribution < 1.29 is 13.9 Å². The predicted molar refractivity (Wildman–Crippen MR) is 56.9 cm³/mol. The van der Waals surface area contributed by atoms with Crippen molar-refractivity contribution in [2.45, 2.75) is 18.9 Å². The number of halogens is 2. The number of aliphatic hydroxyl groups excluding tert-OH is 1. The minimum atomic E-state index is -1.13. The highest BCUT2D eigenvalue weighted by atomic mass is 19.1. The molecule has 0 saturated heterocycles. The van der Waals surface area contributed by atoms with Gasteiger partial charge in [-0.3, -0.25) is 0 Å². The summed E-state index contributed by atoms with van der Waals surface area (Å²) in [6, 6.07) is 3.60. The Morgan fingerprint density at radius 2 is 1.94 bits per heavy atom. The van der Waals surface area contributed by atoms with Crippen LogP contribution in [0.2, 0.25) is 0 Å². The van der Waals surface area contributed by atoms with Gasteiger partial charge in [-0.25, -0.2) is 8.78 Å². The molecule has 2 nitrogen and oxygen atoms in total. The predicted octanol–water partition coefficient (Wildman–Crippen LogP) is 2.00. The summed E-state index contributed by atoms with van der Waals surface area (Å²) >= 11 is 0. The van der Waals surface area contributed by atoms with Crippen molar-refractivity contribution in [3.8, 4) is 0 Å². The van der Waals surface area contributed by atoms with Crippen LogP contribution in [0.1, 0.15) is 24.5 Å². The summed E-state index contributed by atoms with van der Waals surface area (Å²) in [4.78, 5) is 0. The number of aliphatic hydroxyl groups is 1. The van der Waals surface area contributed by atoms with Gasteiger partial charge in [0.25, 0.3) is 0 Å². The van der Waals surface area contributed by atoms with E-state index in [9.17, 15) is 13.9 Å². The number of benzene rings is 1. The lowest BCUT2D eigenvalue weighted by atomic mass is 10.1. The second-order valence-corrected chi connectivity index (χ2v) is 4.25. The van der Waals surface area contributed by atoms with E-state index < -0.39 is 17.7 Å². The molecular formula is C12H15F2NO. The third kappa shape index (κ3) is 2.77. The molecule has 1 aromatic rings. The van der Waals surface area contributed by atoms with Crippen LogP contribution in [0.3, 0.4) is 0 Å². The minimum Gasteiger partial charge on any atom is -0.387 e. The van der Waals surface area contributed by atoms with Crippen LogP contribution in [0.5, 0.6) is 0 Å². The summed E-state index contributed by atoms with van der Waals surface area (Å²) in [6.45, 7) is 1.00. The molecule has 1 fully saturated rings. The zero-order chi connectivity index (χ0) is 11.5. The average molecular weight is 227 g/mol. The Labute approximate surface area is 93.3 Å². The molecule has 0 spiro atoms. The molecule has 1 atom stereocenters. The van der Waals surface area contributed by atoms with E-state index in [1.807, 2.05) is 0 Å². The van der Waals surface area contributed by atoms with E-state index >= 15 is 0 Å². The molecule has 1 unspecified atom stereocenters. The van der Waals surface area contributed by atoms with E-state index in [0.29, 0.717) is 5.92 Å². The Morgan fingerprint density at radius 3 is 2.50 bits per heavy atom. The Morgan fingerprint density at radius 1 is 1.31 bits per heavy atom. The molecule has 1 saturated carbocycles. The van der Waals surface area contributed by atoms with Gasteiger partial charge in [-0.2, -0.15) is 0 Å². The molecule has 0 aliphatic heterocycles. The van der Waals surface area contributed by atoms with Gasteiger partial charge in [-0.05, 0) is 37.4 Å². The fourth-order valence-corrected chi connectivity index (χ4v) is 1.68. The molecule has 4 heteroatoms. The zero-order valence-corrected chi connectivity index (χ0v) is 8.92. The first-order valence-corrected chi connectivity index (χ1v) is 5.51. The van der Waals surface area contributed by atoms with Crippen molar-refractivity contribution in [2.24, 2.45) is 5.92 Å². The normalized spacial score (nSPS) is 17.4. The zero-order valence-electron chi connectivity index (χ0n) is 8.92. The quantitative estimate of drug-likeness (QED) is 0.806. The number of hydrogen-bond acceptors (Lipinski definition) is 2. The van der Waals surface area contributed by atoms with Crippen molar-refractivity contribution in [3.63, 3.8) is 0 Å². The number of hydrogen-bond donors (Lipinski definition) is 2. The Kier molecular flexibility index (Phi) is 3.51. The van der Waals surface area contributed by atoms with Gasteiger partial charge in [0, 0.05) is 6.54 Å². The van der Waals surface area contributed by atoms with Gasteiger partial charge in [0.2, 0.25) is 0 Å². The van der Waals surface area contributed by atoms with Gasteiger partial charge in [0.1, 0.15) is 11.6 Å². The summed E-state index contributed by atoms with van der Waals surface area (Å²) < 4.78 is 26.5. The molecule has 16 heavy (non-hydrogen) atoms. The fraction of sp³-hybridized carbons (Fsp3) is 0.500. The van der Waals surface area contributed by atoms with Gasteiger partial charge >= 0.3 is 0 Å². The van der Waals surface area contributed by atoms with E-state index in [1.165, 1.54) is 18.9 Å². The van der Waals surface area contributed by atoms with Crippen molar-refractivity contribution in [3.05, 3.63) is 35.4 Å². The highest BCUT2D eigenvalue weighted by Crippen LogP contribution is 2.28. The Hall–Kier alpha value is -1.00. The first-order valence-electron chi connectivity index (χ1n) is 5.51. The summed E-state index contributed by atoms with van der Waals surface area (Å²) in [5.41, 5.74) is -0.245. The summed E-state index contributed by atoms with van der Waals surface area (Å²) in [5.74, 6) is -0.709. The Bertz CT molecular complexity index is 346. The molecule has 0 radical (unpaired) electrons. The van der Waals surface area contributed by atoms with Crippen LogP contribution in [-0.2, 0) is 0 Å². The molecule has 88 valence electrons. The van der Waals surface area contributed by atoms with Gasteiger partial charge < -0.3 is 10.4 Å². The fourth-order valence-electron chi connectivity index (χ4n) is 1.68. The summed E-state index contributed by atoms with van der Waals surface area (Å²) in [7, 11) is 0. The van der Waals surface area contributed by atoms with Crippen molar-refractivity contribution in [1.29, 1.82) is 0 Å². The van der Waals surface area contributed by atoms with Gasteiger partial charge in [0.15, 0.2) is 0 Å². The molecule has 1 aromatic carbocycles. The van der Waals surface area contributed by atoms with Crippen molar-refractivity contribution in [2.75, 3.05) is 13.1 Å². The maximum absolute atomic E-state index is 13.3. The topological polar surface area (TPSA) is 32.3 Å². The van der Waals surface area contributed by atoms with Crippen LogP contribution >= 0.6 is 0 Å². The molecule has 1 aliphatic carbocycles. The van der Waals surface area contributed by atoms with Crippen molar-refractivity contribution >= 4 is 0 Å². The maximum atomic E-state index is 13.3. The van der Waals surface area contributed by atoms with Gasteiger partial charge in [-0.1, -0.05) is 6.07 Å². The second kappa shape index (κ2) is 4.89. The maximum Gasteiger partial charge on any atom is 0.131 e. The number of nitrogens with one attached hydrogen (secondary N) is 1. The number of rotatable bonds is 5. The van der Waals surface area contributed by atoms with Crippen molar-refractivity contribution in [1.82, 2.24) is 5.32 Å². The van der Waals surface area contributed by atoms with Crippen LogP contribution in [0.4, 0.5) is 8.78 Å². The first-order chi connectivity index (χ1) is 7.68. The minimum absolute atomic E-state index is 0.189. The highest BCUT2D eigenvalue weighted by molar-refractivity contribution is 5.22. The second-order valence-electron chi connectivity index (χ2n) is 4.25. The van der Waals surface area contributed by atoms with Crippen LogP contribution in [0, 0.1) is 17.6 Å². The van der Waals surface area contributed by atoms with E-state index in [0.717, 1.165) is 18.7 Å². The van der Waals surface area contributed by atoms with Gasteiger partial charge in [-0.15, -0.1) is 0 Å². The van der Waals surface area contributed by atoms with E-state index in [-0.39, 0.29) is 12.1 Å². The molecule has 0 bridgehead atoms. The smallest absolute Gasteiger partial charge is 0.131 e. The lowest BCUT2D eigenvalue weighted by molar-refractivity contribution is 0.165. The molecule has 0 aromatic heterocycles. The SMILES string of the molecule is OC(CNCC1CC1)c1c(F)cccc1F. The molecular weight excluding hydrogens is 212 g/mol.